The van der Waals surface area contributed by atoms with E-state index in [4.69, 9.17) is 9.47 Å². The lowest BCUT2D eigenvalue weighted by Gasteiger charge is -2.07. The van der Waals surface area contributed by atoms with Gasteiger partial charge in [0.15, 0.2) is 0 Å². The summed E-state index contributed by atoms with van der Waals surface area (Å²) in [5, 5.41) is 5.73. The molecule has 0 amide bonds. The standard InChI is InChI=1S/C17H19N3O3S/c1-22-8-7-18-9-14-19-16(21)15-12(10-24-17(15)20-14)11-5-3-4-6-13(11)23-2/h3-6,10,18H,7-9H2,1-2H3,(H,19,20,21). The average Bonchev–Trinajstić information content (AvgIpc) is 3.03. The second kappa shape index (κ2) is 7.57. The van der Waals surface area contributed by atoms with E-state index in [1.807, 2.05) is 29.6 Å². The molecule has 1 aromatic carbocycles. The summed E-state index contributed by atoms with van der Waals surface area (Å²) in [7, 11) is 3.28. The minimum atomic E-state index is -0.134. The van der Waals surface area contributed by atoms with E-state index in [2.05, 4.69) is 15.3 Å². The third kappa shape index (κ3) is 3.33. The molecule has 6 nitrogen and oxygen atoms in total. The van der Waals surface area contributed by atoms with Gasteiger partial charge in [-0.15, -0.1) is 11.3 Å². The van der Waals surface area contributed by atoms with Crippen LogP contribution in [0.2, 0.25) is 0 Å². The molecule has 0 saturated heterocycles. The molecule has 126 valence electrons. The first-order valence-corrected chi connectivity index (χ1v) is 8.46. The fourth-order valence-electron chi connectivity index (χ4n) is 2.52. The summed E-state index contributed by atoms with van der Waals surface area (Å²) >= 11 is 1.46. The lowest BCUT2D eigenvalue weighted by molar-refractivity contribution is 0.199. The highest BCUT2D eigenvalue weighted by atomic mass is 32.1. The number of nitrogens with zero attached hydrogens (tertiary/aromatic N) is 1. The molecule has 7 heteroatoms. The van der Waals surface area contributed by atoms with Crippen molar-refractivity contribution in [2.45, 2.75) is 6.54 Å². The fourth-order valence-corrected chi connectivity index (χ4v) is 3.48. The van der Waals surface area contributed by atoms with Crippen LogP contribution in [0.1, 0.15) is 5.82 Å². The molecule has 2 N–H and O–H groups in total. The van der Waals surface area contributed by atoms with Gasteiger partial charge < -0.3 is 19.8 Å². The normalized spacial score (nSPS) is 11.1. The predicted molar refractivity (Wildman–Crippen MR) is 95.8 cm³/mol. The summed E-state index contributed by atoms with van der Waals surface area (Å²) < 4.78 is 10.4. The van der Waals surface area contributed by atoms with Gasteiger partial charge in [0, 0.05) is 30.2 Å². The molecule has 3 aromatic rings. The maximum absolute atomic E-state index is 12.6. The van der Waals surface area contributed by atoms with Gasteiger partial charge in [-0.25, -0.2) is 4.98 Å². The second-order valence-corrected chi connectivity index (χ2v) is 6.07. The molecule has 0 fully saturated rings. The highest BCUT2D eigenvalue weighted by molar-refractivity contribution is 7.17. The first-order valence-electron chi connectivity index (χ1n) is 7.58. The number of H-pyrrole nitrogens is 1. The van der Waals surface area contributed by atoms with Crippen LogP contribution < -0.4 is 15.6 Å². The monoisotopic (exact) mass is 345 g/mol. The van der Waals surface area contributed by atoms with Crippen LogP contribution >= 0.6 is 11.3 Å². The van der Waals surface area contributed by atoms with Crippen molar-refractivity contribution in [3.05, 3.63) is 45.8 Å². The summed E-state index contributed by atoms with van der Waals surface area (Å²) in [5.74, 6) is 1.36. The van der Waals surface area contributed by atoms with Gasteiger partial charge in [-0.05, 0) is 6.07 Å². The van der Waals surface area contributed by atoms with Gasteiger partial charge in [-0.2, -0.15) is 0 Å². The molecule has 0 bridgehead atoms. The van der Waals surface area contributed by atoms with Crippen LogP contribution in [0.3, 0.4) is 0 Å². The Morgan fingerprint density at radius 3 is 2.88 bits per heavy atom. The maximum Gasteiger partial charge on any atom is 0.260 e. The number of aromatic amines is 1. The van der Waals surface area contributed by atoms with Crippen molar-refractivity contribution in [2.24, 2.45) is 0 Å². The Morgan fingerprint density at radius 2 is 2.08 bits per heavy atom. The third-order valence-electron chi connectivity index (χ3n) is 3.67. The number of para-hydroxylation sites is 1. The summed E-state index contributed by atoms with van der Waals surface area (Å²) in [5.41, 5.74) is 1.61. The molecule has 0 aliphatic carbocycles. The number of rotatable bonds is 7. The lowest BCUT2D eigenvalue weighted by atomic mass is 10.1. The molecule has 0 aliphatic heterocycles. The summed E-state index contributed by atoms with van der Waals surface area (Å²) in [6.45, 7) is 1.81. The molecule has 0 radical (unpaired) electrons. The Kier molecular flexibility index (Phi) is 5.24. The first-order chi connectivity index (χ1) is 11.7. The van der Waals surface area contributed by atoms with Crippen LogP contribution in [0.4, 0.5) is 0 Å². The summed E-state index contributed by atoms with van der Waals surface area (Å²) in [6, 6.07) is 7.66. The number of methoxy groups -OCH3 is 2. The molecule has 3 rings (SSSR count). The molecule has 0 unspecified atom stereocenters. The highest BCUT2D eigenvalue weighted by Gasteiger charge is 2.15. The quantitative estimate of drug-likeness (QED) is 0.643. The molecular formula is C17H19N3O3S. The van der Waals surface area contributed by atoms with E-state index in [0.29, 0.717) is 30.9 Å². The number of nitrogens with one attached hydrogen (secondary N) is 2. The number of fused-ring (bicyclic) bond motifs is 1. The predicted octanol–water partition coefficient (Wildman–Crippen LogP) is 2.40. The zero-order valence-electron chi connectivity index (χ0n) is 13.6. The van der Waals surface area contributed by atoms with Crippen LogP contribution in [0.15, 0.2) is 34.4 Å². The molecule has 0 spiro atoms. The van der Waals surface area contributed by atoms with E-state index in [-0.39, 0.29) is 5.56 Å². The highest BCUT2D eigenvalue weighted by Crippen LogP contribution is 2.36. The van der Waals surface area contributed by atoms with Crippen LogP contribution in [0.5, 0.6) is 5.75 Å². The SMILES string of the molecule is COCCNCc1nc2scc(-c3ccccc3OC)c2c(=O)[nH]1. The first kappa shape index (κ1) is 16.6. The van der Waals surface area contributed by atoms with Gasteiger partial charge in [0.05, 0.1) is 25.6 Å². The largest absolute Gasteiger partial charge is 0.496 e. The molecule has 2 aromatic heterocycles. The number of aromatic nitrogens is 2. The number of ether oxygens (including phenoxy) is 2. The van der Waals surface area contributed by atoms with Crippen molar-refractivity contribution >= 4 is 21.6 Å². The van der Waals surface area contributed by atoms with Crippen molar-refractivity contribution in [3.63, 3.8) is 0 Å². The number of hydrogen-bond acceptors (Lipinski definition) is 6. The zero-order chi connectivity index (χ0) is 16.9. The molecule has 24 heavy (non-hydrogen) atoms. The van der Waals surface area contributed by atoms with Crippen LogP contribution in [-0.2, 0) is 11.3 Å². The molecule has 2 heterocycles. The molecule has 0 aliphatic rings. The third-order valence-corrected chi connectivity index (χ3v) is 4.54. The Balaban J connectivity index is 1.97. The Labute approximate surface area is 143 Å². The molecule has 0 atom stereocenters. The minimum Gasteiger partial charge on any atom is -0.496 e. The Hall–Kier alpha value is -2.22. The smallest absolute Gasteiger partial charge is 0.260 e. The lowest BCUT2D eigenvalue weighted by Crippen LogP contribution is -2.22. The van der Waals surface area contributed by atoms with E-state index in [1.54, 1.807) is 14.2 Å². The minimum absolute atomic E-state index is 0.134. The van der Waals surface area contributed by atoms with E-state index in [0.717, 1.165) is 21.7 Å². The van der Waals surface area contributed by atoms with Gasteiger partial charge in [0.2, 0.25) is 0 Å². The average molecular weight is 345 g/mol. The Morgan fingerprint density at radius 1 is 1.25 bits per heavy atom. The van der Waals surface area contributed by atoms with Crippen molar-refractivity contribution in [3.8, 4) is 16.9 Å². The van der Waals surface area contributed by atoms with Gasteiger partial charge in [0.1, 0.15) is 16.4 Å². The van der Waals surface area contributed by atoms with Crippen LogP contribution in [-0.4, -0.2) is 37.3 Å². The van der Waals surface area contributed by atoms with Crippen molar-refractivity contribution < 1.29 is 9.47 Å². The van der Waals surface area contributed by atoms with Gasteiger partial charge in [-0.3, -0.25) is 4.79 Å². The maximum atomic E-state index is 12.6. The number of benzene rings is 1. The summed E-state index contributed by atoms with van der Waals surface area (Å²) in [4.78, 5) is 20.7. The topological polar surface area (TPSA) is 76.2 Å². The van der Waals surface area contributed by atoms with Gasteiger partial charge in [-0.1, -0.05) is 18.2 Å². The van der Waals surface area contributed by atoms with Crippen LogP contribution in [0.25, 0.3) is 21.3 Å². The van der Waals surface area contributed by atoms with Crippen LogP contribution in [0, 0.1) is 0 Å². The van der Waals surface area contributed by atoms with E-state index < -0.39 is 0 Å². The van der Waals surface area contributed by atoms with Gasteiger partial charge >= 0.3 is 0 Å². The number of hydrogen-bond donors (Lipinski definition) is 2. The zero-order valence-corrected chi connectivity index (χ0v) is 14.4. The second-order valence-electron chi connectivity index (χ2n) is 5.21. The Bertz CT molecular complexity index is 888. The van der Waals surface area contributed by atoms with E-state index in [1.165, 1.54) is 11.3 Å². The molecule has 0 saturated carbocycles. The summed E-state index contributed by atoms with van der Waals surface area (Å²) in [6.07, 6.45) is 0. The molecular weight excluding hydrogens is 326 g/mol. The van der Waals surface area contributed by atoms with Gasteiger partial charge in [0.25, 0.3) is 5.56 Å². The fraction of sp³-hybridized carbons (Fsp3) is 0.294. The van der Waals surface area contributed by atoms with E-state index >= 15 is 0 Å². The number of thiophene rings is 1. The van der Waals surface area contributed by atoms with E-state index in [9.17, 15) is 4.79 Å². The van der Waals surface area contributed by atoms with Crippen molar-refractivity contribution in [1.29, 1.82) is 0 Å². The van der Waals surface area contributed by atoms with Crippen molar-refractivity contribution in [1.82, 2.24) is 15.3 Å². The van der Waals surface area contributed by atoms with Crippen molar-refractivity contribution in [2.75, 3.05) is 27.4 Å².